The Bertz CT molecular complexity index is 1080. The highest BCUT2D eigenvalue weighted by atomic mass is 35.5. The van der Waals surface area contributed by atoms with E-state index in [0.717, 1.165) is 22.3 Å². The zero-order valence-corrected chi connectivity index (χ0v) is 20.0. The van der Waals surface area contributed by atoms with Crippen molar-refractivity contribution in [2.45, 2.75) is 13.8 Å². The maximum atomic E-state index is 12.5. The second kappa shape index (κ2) is 12.6. The van der Waals surface area contributed by atoms with Gasteiger partial charge >= 0.3 is 11.9 Å². The molecular weight excluding hydrogens is 459 g/mol. The van der Waals surface area contributed by atoms with Crippen molar-refractivity contribution in [1.29, 1.82) is 0 Å². The number of esters is 2. The highest BCUT2D eigenvalue weighted by Crippen LogP contribution is 2.21. The van der Waals surface area contributed by atoms with E-state index in [2.05, 4.69) is 13.2 Å². The molecule has 0 spiro atoms. The van der Waals surface area contributed by atoms with E-state index in [-0.39, 0.29) is 16.5 Å². The van der Waals surface area contributed by atoms with Crippen molar-refractivity contribution >= 4 is 46.3 Å². The van der Waals surface area contributed by atoms with Gasteiger partial charge in [-0.1, -0.05) is 54.6 Å². The molecule has 0 aliphatic rings. The Labute approximate surface area is 204 Å². The molecule has 0 radical (unpaired) electrons. The average Bonchev–Trinajstić information content (AvgIpc) is 2.80. The summed E-state index contributed by atoms with van der Waals surface area (Å²) in [6, 6.07) is 20.5. The van der Waals surface area contributed by atoms with Crippen molar-refractivity contribution in [2.24, 2.45) is 0 Å². The van der Waals surface area contributed by atoms with Crippen molar-refractivity contribution in [3.05, 3.63) is 108 Å². The number of rotatable bonds is 6. The summed E-state index contributed by atoms with van der Waals surface area (Å²) in [4.78, 5) is 25.1. The van der Waals surface area contributed by atoms with Crippen LogP contribution < -0.4 is 9.47 Å². The van der Waals surface area contributed by atoms with Crippen LogP contribution in [0.1, 0.15) is 45.7 Å². The molecule has 0 saturated heterocycles. The number of hydrogen-bond donors (Lipinski definition) is 0. The molecule has 33 heavy (non-hydrogen) atoms. The van der Waals surface area contributed by atoms with Crippen LogP contribution in [0.3, 0.4) is 0 Å². The van der Waals surface area contributed by atoms with Gasteiger partial charge in [0, 0.05) is 0 Å². The van der Waals surface area contributed by atoms with Crippen LogP contribution in [0.5, 0.6) is 11.5 Å². The number of benzene rings is 3. The van der Waals surface area contributed by atoms with Gasteiger partial charge in [0.05, 0.1) is 16.5 Å². The van der Waals surface area contributed by atoms with Gasteiger partial charge in [0.25, 0.3) is 0 Å². The van der Waals surface area contributed by atoms with Crippen molar-refractivity contribution in [3.63, 3.8) is 0 Å². The van der Waals surface area contributed by atoms with Gasteiger partial charge in [-0.05, 0) is 67.4 Å². The first-order valence-corrected chi connectivity index (χ1v) is 11.0. The Morgan fingerprint density at radius 3 is 1.36 bits per heavy atom. The normalized spacial score (nSPS) is 9.82. The molecule has 0 N–H and O–H groups in total. The lowest BCUT2D eigenvalue weighted by atomic mass is 10.1. The first-order valence-electron chi connectivity index (χ1n) is 9.93. The largest absolute Gasteiger partial charge is 0.423 e. The lowest BCUT2D eigenvalue weighted by molar-refractivity contribution is 0.0734. The molecule has 3 aromatic carbocycles. The summed E-state index contributed by atoms with van der Waals surface area (Å²) in [6.07, 6.45) is 0. The quantitative estimate of drug-likeness (QED) is 0.206. The fraction of sp³-hybridized carbons (Fsp3) is 0.111. The minimum Gasteiger partial charge on any atom is -0.423 e. The molecule has 3 aromatic rings. The van der Waals surface area contributed by atoms with E-state index in [0.29, 0.717) is 11.5 Å². The predicted molar refractivity (Wildman–Crippen MR) is 135 cm³/mol. The van der Waals surface area contributed by atoms with Crippen LogP contribution in [0.4, 0.5) is 0 Å². The van der Waals surface area contributed by atoms with Crippen LogP contribution in [0, 0.1) is 0 Å². The molecule has 170 valence electrons. The van der Waals surface area contributed by atoms with Crippen molar-refractivity contribution in [1.82, 2.24) is 0 Å². The topological polar surface area (TPSA) is 52.6 Å². The van der Waals surface area contributed by atoms with Crippen LogP contribution in [0.25, 0.3) is 11.1 Å². The van der Waals surface area contributed by atoms with Crippen LogP contribution in [-0.4, -0.2) is 17.3 Å². The molecule has 3 rings (SSSR count). The SMILES string of the molecule is C=C(C)c1cccc(OC(=O)c2cccc(C(=O)Oc3cccc(C(=C)C)c3)c2)c1.ClCCl. The summed E-state index contributed by atoms with van der Waals surface area (Å²) in [5, 5.41) is 0.194. The maximum absolute atomic E-state index is 12.5. The number of hydrogen-bond acceptors (Lipinski definition) is 4. The number of carbonyl (C=O) groups is 2. The molecule has 0 aliphatic heterocycles. The maximum Gasteiger partial charge on any atom is 0.343 e. The third kappa shape index (κ3) is 7.94. The highest BCUT2D eigenvalue weighted by Gasteiger charge is 2.14. The van der Waals surface area contributed by atoms with Gasteiger partial charge < -0.3 is 9.47 Å². The van der Waals surface area contributed by atoms with E-state index in [1.807, 2.05) is 26.0 Å². The minimum absolute atomic E-state index is 0.194. The van der Waals surface area contributed by atoms with Crippen LogP contribution in [0.2, 0.25) is 0 Å². The van der Waals surface area contributed by atoms with E-state index < -0.39 is 11.9 Å². The number of halogens is 2. The van der Waals surface area contributed by atoms with Crippen molar-refractivity contribution < 1.29 is 19.1 Å². The first-order chi connectivity index (χ1) is 15.7. The smallest absolute Gasteiger partial charge is 0.343 e. The summed E-state index contributed by atoms with van der Waals surface area (Å²) < 4.78 is 10.9. The van der Waals surface area contributed by atoms with Gasteiger partial charge in [-0.3, -0.25) is 0 Å². The minimum atomic E-state index is -0.562. The highest BCUT2D eigenvalue weighted by molar-refractivity contribution is 6.40. The monoisotopic (exact) mass is 482 g/mol. The van der Waals surface area contributed by atoms with Crippen LogP contribution in [0.15, 0.2) is 86.0 Å². The third-order valence-electron chi connectivity index (χ3n) is 4.41. The molecule has 0 fully saturated rings. The van der Waals surface area contributed by atoms with Gasteiger partial charge in [0.2, 0.25) is 0 Å². The molecule has 6 heteroatoms. The van der Waals surface area contributed by atoms with E-state index >= 15 is 0 Å². The molecule has 0 amide bonds. The molecule has 0 unspecified atom stereocenters. The van der Waals surface area contributed by atoms with Gasteiger partial charge in [0.1, 0.15) is 11.5 Å². The standard InChI is InChI=1S/C26H22O4.CH2Cl2/c1-17(2)19-8-6-12-23(15-19)29-25(27)21-10-5-11-22(14-21)26(28)30-24-13-7-9-20(16-24)18(3)4;2-1-3/h5-16H,1,3H2,2,4H3;1H2. The lowest BCUT2D eigenvalue weighted by Crippen LogP contribution is -2.12. The van der Waals surface area contributed by atoms with E-state index in [9.17, 15) is 9.59 Å². The van der Waals surface area contributed by atoms with Gasteiger partial charge in [-0.25, -0.2) is 9.59 Å². The van der Waals surface area contributed by atoms with E-state index in [4.69, 9.17) is 32.7 Å². The zero-order chi connectivity index (χ0) is 24.4. The summed E-state index contributed by atoms with van der Waals surface area (Å²) in [7, 11) is 0. The Morgan fingerprint density at radius 1 is 0.667 bits per heavy atom. The Morgan fingerprint density at radius 2 is 1.00 bits per heavy atom. The summed E-state index contributed by atoms with van der Waals surface area (Å²) in [6.45, 7) is 11.5. The zero-order valence-electron chi connectivity index (χ0n) is 18.4. The molecule has 0 saturated carbocycles. The summed E-state index contributed by atoms with van der Waals surface area (Å²) in [5.74, 6) is -0.309. The Kier molecular flexibility index (Phi) is 9.92. The molecule has 0 aliphatic carbocycles. The number of carbonyl (C=O) groups excluding carboxylic acids is 2. The fourth-order valence-electron chi connectivity index (χ4n) is 2.76. The van der Waals surface area contributed by atoms with Gasteiger partial charge in [-0.2, -0.15) is 0 Å². The van der Waals surface area contributed by atoms with Gasteiger partial charge in [-0.15, -0.1) is 23.2 Å². The molecule has 4 nitrogen and oxygen atoms in total. The van der Waals surface area contributed by atoms with Crippen molar-refractivity contribution in [3.8, 4) is 11.5 Å². The van der Waals surface area contributed by atoms with Crippen LogP contribution >= 0.6 is 23.2 Å². The molecular formula is C27H24Cl2O4. The number of alkyl halides is 2. The molecule has 0 aromatic heterocycles. The summed E-state index contributed by atoms with van der Waals surface area (Å²) >= 11 is 9.53. The van der Waals surface area contributed by atoms with Gasteiger partial charge in [0.15, 0.2) is 0 Å². The van der Waals surface area contributed by atoms with E-state index in [1.54, 1.807) is 54.6 Å². The Hall–Kier alpha value is -3.34. The molecule has 0 heterocycles. The first kappa shape index (κ1) is 25.9. The third-order valence-corrected chi connectivity index (χ3v) is 4.41. The van der Waals surface area contributed by atoms with Crippen LogP contribution in [-0.2, 0) is 0 Å². The predicted octanol–water partition coefficient (Wildman–Crippen LogP) is 7.61. The van der Waals surface area contributed by atoms with Crippen molar-refractivity contribution in [2.75, 3.05) is 5.34 Å². The fourth-order valence-corrected chi connectivity index (χ4v) is 2.76. The number of ether oxygens (including phenoxy) is 2. The second-order valence-electron chi connectivity index (χ2n) is 7.08. The lowest BCUT2D eigenvalue weighted by Gasteiger charge is -2.09. The Balaban J connectivity index is 0.00000122. The summed E-state index contributed by atoms with van der Waals surface area (Å²) in [5.41, 5.74) is 4.01. The van der Waals surface area contributed by atoms with E-state index in [1.165, 1.54) is 6.07 Å². The molecule has 0 bridgehead atoms. The number of allylic oxidation sites excluding steroid dienone is 2. The second-order valence-corrected chi connectivity index (χ2v) is 7.89. The molecule has 0 atom stereocenters. The average molecular weight is 483 g/mol.